The number of carbonyl (C=O) groups excluding carboxylic acids is 1. The fraction of sp³-hybridized carbons (Fsp3) is 0.462. The van der Waals surface area contributed by atoms with E-state index in [1.807, 2.05) is 17.7 Å². The minimum Gasteiger partial charge on any atom is -0.451 e. The fourth-order valence-corrected chi connectivity index (χ4v) is 2.39. The largest absolute Gasteiger partial charge is 0.451 e. The lowest BCUT2D eigenvalue weighted by Crippen LogP contribution is -2.37. The average Bonchev–Trinajstić information content (AvgIpc) is 3.07. The van der Waals surface area contributed by atoms with Crippen LogP contribution in [0.1, 0.15) is 23.1 Å². The summed E-state index contributed by atoms with van der Waals surface area (Å²) in [7, 11) is 0. The molecule has 20 heavy (non-hydrogen) atoms. The van der Waals surface area contributed by atoms with Crippen molar-refractivity contribution in [2.45, 2.75) is 26.1 Å². The number of hydrogen-bond donors (Lipinski definition) is 0. The van der Waals surface area contributed by atoms with E-state index in [0.717, 1.165) is 5.69 Å². The molecule has 7 nitrogen and oxygen atoms in total. The summed E-state index contributed by atoms with van der Waals surface area (Å²) in [6, 6.07) is 1.91. The van der Waals surface area contributed by atoms with Crippen LogP contribution >= 0.6 is 0 Å². The monoisotopic (exact) mass is 276 g/mol. The summed E-state index contributed by atoms with van der Waals surface area (Å²) in [4.78, 5) is 18.0. The van der Waals surface area contributed by atoms with Gasteiger partial charge in [-0.2, -0.15) is 5.10 Å². The van der Waals surface area contributed by atoms with Crippen molar-refractivity contribution in [3.63, 3.8) is 0 Å². The van der Waals surface area contributed by atoms with Crippen LogP contribution in [0.4, 0.5) is 0 Å². The molecule has 1 aliphatic heterocycles. The van der Waals surface area contributed by atoms with Crippen LogP contribution in [0.15, 0.2) is 29.3 Å². The average molecular weight is 276 g/mol. The Hall–Kier alpha value is -2.15. The van der Waals surface area contributed by atoms with Crippen LogP contribution in [-0.2, 0) is 17.8 Å². The molecule has 0 fully saturated rings. The van der Waals surface area contributed by atoms with E-state index in [1.165, 1.54) is 12.7 Å². The Labute approximate surface area is 116 Å². The Morgan fingerprint density at radius 1 is 1.55 bits per heavy atom. The second-order valence-corrected chi connectivity index (χ2v) is 4.64. The normalized spacial score (nSPS) is 18.6. The number of ether oxygens (including phenoxy) is 1. The van der Waals surface area contributed by atoms with Crippen molar-refractivity contribution in [1.82, 2.24) is 19.7 Å². The van der Waals surface area contributed by atoms with Gasteiger partial charge < -0.3 is 14.1 Å². The maximum Gasteiger partial charge on any atom is 0.276 e. The summed E-state index contributed by atoms with van der Waals surface area (Å²) in [6.45, 7) is 4.21. The molecule has 7 heteroatoms. The first-order chi connectivity index (χ1) is 9.78. The first-order valence-electron chi connectivity index (χ1n) is 6.57. The van der Waals surface area contributed by atoms with Crippen LogP contribution in [0.3, 0.4) is 0 Å². The SMILES string of the molecule is CCO[C@@H]1CN(C(=O)c2cocn2)Cc2ccnn2C1. The van der Waals surface area contributed by atoms with E-state index in [9.17, 15) is 4.79 Å². The molecule has 0 aliphatic carbocycles. The quantitative estimate of drug-likeness (QED) is 0.834. The second kappa shape index (κ2) is 5.46. The lowest BCUT2D eigenvalue weighted by molar-refractivity contribution is 0.0243. The van der Waals surface area contributed by atoms with Crippen LogP contribution in [0.25, 0.3) is 0 Å². The molecule has 3 heterocycles. The van der Waals surface area contributed by atoms with Crippen LogP contribution in [0, 0.1) is 0 Å². The van der Waals surface area contributed by atoms with Crippen molar-refractivity contribution in [3.05, 3.63) is 36.3 Å². The molecule has 106 valence electrons. The van der Waals surface area contributed by atoms with E-state index in [1.54, 1.807) is 11.1 Å². The number of fused-ring (bicyclic) bond motifs is 1. The van der Waals surface area contributed by atoms with E-state index in [0.29, 0.717) is 31.9 Å². The maximum atomic E-state index is 12.4. The lowest BCUT2D eigenvalue weighted by atomic mass is 10.3. The van der Waals surface area contributed by atoms with Gasteiger partial charge in [-0.25, -0.2) is 4.98 Å². The van der Waals surface area contributed by atoms with Crippen molar-refractivity contribution in [2.24, 2.45) is 0 Å². The number of oxazole rings is 1. The first-order valence-corrected chi connectivity index (χ1v) is 6.57. The standard InChI is InChI=1S/C13H16N4O3/c1-2-20-11-6-16(13(18)12-8-19-9-14-12)5-10-3-4-15-17(10)7-11/h3-4,8-9,11H,2,5-7H2,1H3/t11-/m1/s1. The van der Waals surface area contributed by atoms with E-state index < -0.39 is 0 Å². The number of carbonyl (C=O) groups is 1. The minimum absolute atomic E-state index is 0.0722. The number of rotatable bonds is 3. The van der Waals surface area contributed by atoms with Gasteiger partial charge in [0.2, 0.25) is 0 Å². The Morgan fingerprint density at radius 3 is 3.20 bits per heavy atom. The highest BCUT2D eigenvalue weighted by Crippen LogP contribution is 2.16. The summed E-state index contributed by atoms with van der Waals surface area (Å²) in [5.41, 5.74) is 1.30. The van der Waals surface area contributed by atoms with Gasteiger partial charge in [-0.1, -0.05) is 0 Å². The molecule has 0 bridgehead atoms. The smallest absolute Gasteiger partial charge is 0.276 e. The third kappa shape index (κ3) is 2.44. The van der Waals surface area contributed by atoms with Gasteiger partial charge >= 0.3 is 0 Å². The Kier molecular flexibility index (Phi) is 3.51. The third-order valence-electron chi connectivity index (χ3n) is 3.30. The molecule has 3 rings (SSSR count). The summed E-state index contributed by atoms with van der Waals surface area (Å²) in [5, 5.41) is 4.27. The molecule has 1 atom stereocenters. The second-order valence-electron chi connectivity index (χ2n) is 4.64. The first kappa shape index (κ1) is 12.9. The van der Waals surface area contributed by atoms with E-state index in [2.05, 4.69) is 10.1 Å². The van der Waals surface area contributed by atoms with Crippen LogP contribution in [-0.4, -0.2) is 44.8 Å². The predicted octanol–water partition coefficient (Wildman–Crippen LogP) is 0.932. The Bertz CT molecular complexity index is 578. The molecule has 0 N–H and O–H groups in total. The van der Waals surface area contributed by atoms with Gasteiger partial charge in [0.15, 0.2) is 12.1 Å². The minimum atomic E-state index is -0.155. The van der Waals surface area contributed by atoms with Crippen molar-refractivity contribution in [2.75, 3.05) is 13.2 Å². The molecule has 0 radical (unpaired) electrons. The number of hydrogen-bond acceptors (Lipinski definition) is 5. The van der Waals surface area contributed by atoms with Gasteiger partial charge in [0, 0.05) is 19.3 Å². The molecular weight excluding hydrogens is 260 g/mol. The predicted molar refractivity (Wildman–Crippen MR) is 68.9 cm³/mol. The molecule has 0 saturated heterocycles. The van der Waals surface area contributed by atoms with Crippen molar-refractivity contribution in [1.29, 1.82) is 0 Å². The highest BCUT2D eigenvalue weighted by atomic mass is 16.5. The zero-order valence-corrected chi connectivity index (χ0v) is 11.2. The molecule has 0 unspecified atom stereocenters. The molecule has 2 aromatic heterocycles. The third-order valence-corrected chi connectivity index (χ3v) is 3.30. The van der Waals surface area contributed by atoms with Gasteiger partial charge in [-0.15, -0.1) is 0 Å². The van der Waals surface area contributed by atoms with Crippen LogP contribution in [0.2, 0.25) is 0 Å². The molecule has 0 saturated carbocycles. The topological polar surface area (TPSA) is 73.4 Å². The molecule has 0 aromatic carbocycles. The van der Waals surface area contributed by atoms with E-state index in [4.69, 9.17) is 9.15 Å². The molecule has 1 amide bonds. The summed E-state index contributed by atoms with van der Waals surface area (Å²) in [6.07, 6.45) is 4.29. The molecule has 0 spiro atoms. The van der Waals surface area contributed by atoms with Gasteiger partial charge in [0.1, 0.15) is 6.26 Å². The molecular formula is C13H16N4O3. The fourth-order valence-electron chi connectivity index (χ4n) is 2.39. The van der Waals surface area contributed by atoms with Gasteiger partial charge in [0.05, 0.1) is 24.9 Å². The summed E-state index contributed by atoms with van der Waals surface area (Å²) >= 11 is 0. The number of amides is 1. The Morgan fingerprint density at radius 2 is 2.45 bits per heavy atom. The van der Waals surface area contributed by atoms with Crippen molar-refractivity contribution in [3.8, 4) is 0 Å². The zero-order chi connectivity index (χ0) is 13.9. The number of aromatic nitrogens is 3. The summed E-state index contributed by atoms with van der Waals surface area (Å²) < 4.78 is 12.5. The van der Waals surface area contributed by atoms with Gasteiger partial charge in [-0.3, -0.25) is 9.48 Å². The van der Waals surface area contributed by atoms with Crippen molar-refractivity contribution >= 4 is 5.91 Å². The lowest BCUT2D eigenvalue weighted by Gasteiger charge is -2.23. The zero-order valence-electron chi connectivity index (χ0n) is 11.2. The summed E-state index contributed by atoms with van der Waals surface area (Å²) in [5.74, 6) is -0.155. The molecule has 2 aromatic rings. The Balaban J connectivity index is 1.85. The molecule has 1 aliphatic rings. The van der Waals surface area contributed by atoms with E-state index >= 15 is 0 Å². The van der Waals surface area contributed by atoms with Crippen LogP contribution < -0.4 is 0 Å². The van der Waals surface area contributed by atoms with Gasteiger partial charge in [0.25, 0.3) is 5.91 Å². The van der Waals surface area contributed by atoms with Gasteiger partial charge in [-0.05, 0) is 13.0 Å². The van der Waals surface area contributed by atoms with Crippen LogP contribution in [0.5, 0.6) is 0 Å². The number of nitrogens with zero attached hydrogens (tertiary/aromatic N) is 4. The van der Waals surface area contributed by atoms with E-state index in [-0.39, 0.29) is 12.0 Å². The highest BCUT2D eigenvalue weighted by Gasteiger charge is 2.27. The maximum absolute atomic E-state index is 12.4. The van der Waals surface area contributed by atoms with Crippen molar-refractivity contribution < 1.29 is 13.9 Å². The highest BCUT2D eigenvalue weighted by molar-refractivity contribution is 5.91.